The van der Waals surface area contributed by atoms with Crippen LogP contribution < -0.4 is 4.74 Å². The minimum atomic E-state index is -0.175. The summed E-state index contributed by atoms with van der Waals surface area (Å²) in [6.07, 6.45) is 2.64. The van der Waals surface area contributed by atoms with Gasteiger partial charge in [-0.1, -0.05) is 0 Å². The van der Waals surface area contributed by atoms with Gasteiger partial charge in [0.15, 0.2) is 0 Å². The van der Waals surface area contributed by atoms with Gasteiger partial charge in [-0.3, -0.25) is 14.7 Å². The maximum absolute atomic E-state index is 14.7. The monoisotopic (exact) mass is 440 g/mol. The number of carbonyl (C=O) groups excluding carboxylic acids is 1. The summed E-state index contributed by atoms with van der Waals surface area (Å²) < 4.78 is 21.8. The number of carbonyl (C=O) groups is 1. The van der Waals surface area contributed by atoms with Gasteiger partial charge in [-0.25, -0.2) is 9.37 Å². The van der Waals surface area contributed by atoms with E-state index in [1.54, 1.807) is 24.1 Å². The van der Waals surface area contributed by atoms with Gasteiger partial charge in [-0.05, 0) is 37.6 Å². The Morgan fingerprint density at radius 2 is 2.16 bits per heavy atom. The number of nitrogens with zero attached hydrogens (tertiary/aromatic N) is 4. The fraction of sp³-hybridized carbons (Fsp3) is 0.435. The number of thiazole rings is 1. The van der Waals surface area contributed by atoms with Crippen molar-refractivity contribution in [3.8, 4) is 5.75 Å². The molecule has 6 nitrogen and oxygen atoms in total. The lowest BCUT2D eigenvalue weighted by Crippen LogP contribution is -2.28. The molecule has 2 aromatic heterocycles. The molecule has 0 saturated carbocycles. The van der Waals surface area contributed by atoms with Crippen LogP contribution in [-0.4, -0.2) is 44.4 Å². The van der Waals surface area contributed by atoms with Crippen LogP contribution >= 0.6 is 11.3 Å². The summed E-state index contributed by atoms with van der Waals surface area (Å²) in [5, 5.41) is 0.948. The zero-order valence-electron chi connectivity index (χ0n) is 17.9. The van der Waals surface area contributed by atoms with E-state index in [4.69, 9.17) is 4.74 Å². The Morgan fingerprint density at radius 3 is 2.97 bits per heavy atom. The molecule has 1 saturated heterocycles. The number of halogens is 1. The van der Waals surface area contributed by atoms with Crippen molar-refractivity contribution in [3.05, 3.63) is 52.0 Å². The fourth-order valence-electron chi connectivity index (χ4n) is 4.52. The number of benzene rings is 1. The van der Waals surface area contributed by atoms with E-state index in [2.05, 4.69) is 21.8 Å². The smallest absolute Gasteiger partial charge is 0.220 e. The van der Waals surface area contributed by atoms with Gasteiger partial charge in [-0.15, -0.1) is 11.3 Å². The van der Waals surface area contributed by atoms with E-state index in [9.17, 15) is 9.18 Å². The summed E-state index contributed by atoms with van der Waals surface area (Å²) in [7, 11) is 0. The third kappa shape index (κ3) is 4.02. The standard InChI is InChI=1S/C23H25FN4O2S/c1-13-4-19(30-18-5-17-10-28(15(3)29)12-22(17)25-8-18)11-27(13)9-16-6-21-23(7-20(16)24)31-14(2)26-21/h5-8,13,19H,4,9-12H2,1-3H3/t13-,19+/m1/s1. The first-order valence-corrected chi connectivity index (χ1v) is 11.4. The molecule has 1 aromatic carbocycles. The second kappa shape index (κ2) is 7.84. The molecule has 2 aliphatic heterocycles. The van der Waals surface area contributed by atoms with Gasteiger partial charge in [0.25, 0.3) is 0 Å². The van der Waals surface area contributed by atoms with Gasteiger partial charge < -0.3 is 9.64 Å². The number of ether oxygens (including phenoxy) is 1. The Labute approximate surface area is 184 Å². The van der Waals surface area contributed by atoms with Gasteiger partial charge in [0.1, 0.15) is 17.7 Å². The van der Waals surface area contributed by atoms with E-state index in [1.807, 2.05) is 19.1 Å². The highest BCUT2D eigenvalue weighted by Crippen LogP contribution is 2.30. The minimum Gasteiger partial charge on any atom is -0.487 e. The average Bonchev–Trinajstić information content (AvgIpc) is 3.38. The van der Waals surface area contributed by atoms with Crippen LogP contribution in [0.1, 0.15) is 42.1 Å². The molecule has 0 radical (unpaired) electrons. The number of fused-ring (bicyclic) bond motifs is 2. The Hall–Kier alpha value is -2.58. The molecule has 162 valence electrons. The number of rotatable bonds is 4. The first-order chi connectivity index (χ1) is 14.9. The SMILES string of the molecule is CC(=O)N1Cc2cc(O[C@H]3C[C@@H](C)N(Cc4cc5nc(C)sc5cc4F)C3)cnc2C1. The third-order valence-electron chi connectivity index (χ3n) is 6.19. The average molecular weight is 441 g/mol. The Kier molecular flexibility index (Phi) is 5.14. The molecule has 3 aromatic rings. The number of likely N-dealkylation sites (tertiary alicyclic amines) is 1. The van der Waals surface area contributed by atoms with Gasteiger partial charge in [0, 0.05) is 44.6 Å². The van der Waals surface area contributed by atoms with Crippen molar-refractivity contribution in [1.29, 1.82) is 0 Å². The van der Waals surface area contributed by atoms with E-state index in [0.29, 0.717) is 25.2 Å². The topological polar surface area (TPSA) is 58.6 Å². The molecule has 1 amide bonds. The van der Waals surface area contributed by atoms with Crippen LogP contribution in [0.4, 0.5) is 4.39 Å². The van der Waals surface area contributed by atoms with Gasteiger partial charge in [0.05, 0.1) is 33.7 Å². The Bertz CT molecular complexity index is 1160. The van der Waals surface area contributed by atoms with Crippen molar-refractivity contribution < 1.29 is 13.9 Å². The van der Waals surface area contributed by atoms with E-state index < -0.39 is 0 Å². The lowest BCUT2D eigenvalue weighted by atomic mass is 10.1. The Balaban J connectivity index is 1.26. The minimum absolute atomic E-state index is 0.0217. The number of amides is 1. The number of hydrogen-bond donors (Lipinski definition) is 0. The summed E-state index contributed by atoms with van der Waals surface area (Å²) in [4.78, 5) is 24.7. The van der Waals surface area contributed by atoms with E-state index in [1.165, 1.54) is 11.3 Å². The van der Waals surface area contributed by atoms with E-state index in [0.717, 1.165) is 45.2 Å². The molecule has 1 fully saturated rings. The highest BCUT2D eigenvalue weighted by molar-refractivity contribution is 7.18. The lowest BCUT2D eigenvalue weighted by Gasteiger charge is -2.21. The molecule has 0 bridgehead atoms. The molecule has 5 rings (SSSR count). The van der Waals surface area contributed by atoms with Crippen LogP contribution in [0, 0.1) is 12.7 Å². The maximum atomic E-state index is 14.7. The normalized spacial score (nSPS) is 21.1. The van der Waals surface area contributed by atoms with E-state index >= 15 is 0 Å². The highest BCUT2D eigenvalue weighted by atomic mass is 32.1. The maximum Gasteiger partial charge on any atom is 0.220 e. The largest absolute Gasteiger partial charge is 0.487 e. The number of aromatic nitrogens is 2. The van der Waals surface area contributed by atoms with Gasteiger partial charge >= 0.3 is 0 Å². The molecule has 0 aliphatic carbocycles. The van der Waals surface area contributed by atoms with Crippen LogP contribution in [0.25, 0.3) is 10.2 Å². The van der Waals surface area contributed by atoms with Gasteiger partial charge in [0.2, 0.25) is 5.91 Å². The van der Waals surface area contributed by atoms with Crippen LogP contribution in [0.3, 0.4) is 0 Å². The predicted octanol–water partition coefficient (Wildman–Crippen LogP) is 4.04. The summed E-state index contributed by atoms with van der Waals surface area (Å²) >= 11 is 1.52. The Morgan fingerprint density at radius 1 is 1.32 bits per heavy atom. The number of aryl methyl sites for hydroxylation is 1. The van der Waals surface area contributed by atoms with Crippen molar-refractivity contribution in [3.63, 3.8) is 0 Å². The first-order valence-electron chi connectivity index (χ1n) is 10.6. The third-order valence-corrected chi connectivity index (χ3v) is 7.12. The molecular weight excluding hydrogens is 415 g/mol. The first kappa shape index (κ1) is 20.3. The lowest BCUT2D eigenvalue weighted by molar-refractivity contribution is -0.129. The number of pyridine rings is 1. The molecule has 0 N–H and O–H groups in total. The molecular formula is C23H25FN4O2S. The fourth-order valence-corrected chi connectivity index (χ4v) is 5.35. The molecule has 4 heterocycles. The van der Waals surface area contributed by atoms with Crippen molar-refractivity contribution >= 4 is 27.5 Å². The van der Waals surface area contributed by atoms with Gasteiger partial charge in [-0.2, -0.15) is 0 Å². The van der Waals surface area contributed by atoms with Crippen LogP contribution in [0.15, 0.2) is 24.4 Å². The summed E-state index contributed by atoms with van der Waals surface area (Å²) in [6, 6.07) is 5.76. The highest BCUT2D eigenvalue weighted by Gasteiger charge is 2.31. The van der Waals surface area contributed by atoms with Crippen LogP contribution in [-0.2, 0) is 24.4 Å². The second-order valence-electron chi connectivity index (χ2n) is 8.55. The van der Waals surface area contributed by atoms with Crippen molar-refractivity contribution in [2.45, 2.75) is 59.0 Å². The molecule has 31 heavy (non-hydrogen) atoms. The van der Waals surface area contributed by atoms with Crippen molar-refractivity contribution in [2.75, 3.05) is 6.54 Å². The zero-order chi connectivity index (χ0) is 21.7. The predicted molar refractivity (Wildman–Crippen MR) is 117 cm³/mol. The molecule has 8 heteroatoms. The molecule has 2 aliphatic rings. The quantitative estimate of drug-likeness (QED) is 0.613. The second-order valence-corrected chi connectivity index (χ2v) is 9.78. The van der Waals surface area contributed by atoms with Crippen molar-refractivity contribution in [2.24, 2.45) is 0 Å². The molecule has 0 spiro atoms. The summed E-state index contributed by atoms with van der Waals surface area (Å²) in [5.74, 6) is 0.610. The van der Waals surface area contributed by atoms with Crippen LogP contribution in [0.5, 0.6) is 5.75 Å². The van der Waals surface area contributed by atoms with Crippen LogP contribution in [0.2, 0.25) is 0 Å². The van der Waals surface area contributed by atoms with Crippen molar-refractivity contribution in [1.82, 2.24) is 19.8 Å². The molecule has 2 atom stereocenters. The number of hydrogen-bond acceptors (Lipinski definition) is 6. The van der Waals surface area contributed by atoms with E-state index in [-0.39, 0.29) is 23.9 Å². The zero-order valence-corrected chi connectivity index (χ0v) is 18.7. The summed E-state index contributed by atoms with van der Waals surface area (Å²) in [5.41, 5.74) is 3.52. The summed E-state index contributed by atoms with van der Waals surface area (Å²) in [6.45, 7) is 8.08. The molecule has 0 unspecified atom stereocenters.